The second-order valence-electron chi connectivity index (χ2n) is 8.90. The maximum Gasteiger partial charge on any atom is 0.317 e. The Balaban J connectivity index is 1.38. The van der Waals surface area contributed by atoms with Crippen LogP contribution < -0.4 is 5.32 Å². The summed E-state index contributed by atoms with van der Waals surface area (Å²) < 4.78 is 12.0. The van der Waals surface area contributed by atoms with E-state index in [0.29, 0.717) is 31.7 Å². The Morgan fingerprint density at radius 3 is 2.76 bits per heavy atom. The molecule has 1 spiro atoms. The average Bonchev–Trinajstić information content (AvgIpc) is 3.16. The molecule has 4 rings (SSSR count). The number of fused-ring (bicyclic) bond motifs is 1. The first-order valence-corrected chi connectivity index (χ1v) is 11.2. The number of likely N-dealkylation sites (tertiary alicyclic amines) is 1. The van der Waals surface area contributed by atoms with Crippen LogP contribution in [0.3, 0.4) is 0 Å². The molecule has 0 bridgehead atoms. The Labute approximate surface area is 174 Å². The topological polar surface area (TPSA) is 54.0 Å². The fourth-order valence-corrected chi connectivity index (χ4v) is 5.44. The summed E-state index contributed by atoms with van der Waals surface area (Å²) >= 11 is 0. The normalized spacial score (nSPS) is 28.8. The van der Waals surface area contributed by atoms with Gasteiger partial charge in [-0.3, -0.25) is 4.90 Å². The first kappa shape index (κ1) is 20.6. The van der Waals surface area contributed by atoms with E-state index in [1.54, 1.807) is 4.90 Å². The van der Waals surface area contributed by atoms with E-state index < -0.39 is 0 Å². The molecule has 1 aromatic rings. The van der Waals surface area contributed by atoms with Gasteiger partial charge < -0.3 is 19.7 Å². The van der Waals surface area contributed by atoms with E-state index >= 15 is 0 Å². The van der Waals surface area contributed by atoms with Crippen molar-refractivity contribution in [3.05, 3.63) is 35.9 Å². The standard InChI is InChI=1S/C23H35N3O3/c1-3-11-26-17-20(24-22(27)25(2)16-18-7-5-4-6-8-18)14-19-15-23(10-9-21(19)26)28-12-13-29-23/h4-8,19-21H,3,9-17H2,1-2H3,(H,24,27)/t19-,20+,21-/m1/s1. The highest BCUT2D eigenvalue weighted by Crippen LogP contribution is 2.44. The van der Waals surface area contributed by atoms with Crippen molar-refractivity contribution >= 4 is 6.03 Å². The van der Waals surface area contributed by atoms with E-state index in [-0.39, 0.29) is 17.9 Å². The molecule has 2 heterocycles. The summed E-state index contributed by atoms with van der Waals surface area (Å²) in [5.74, 6) is 0.140. The zero-order valence-corrected chi connectivity index (χ0v) is 17.8. The van der Waals surface area contributed by atoms with Crippen LogP contribution in [0.15, 0.2) is 30.3 Å². The van der Waals surface area contributed by atoms with E-state index in [1.165, 1.54) is 0 Å². The zero-order valence-electron chi connectivity index (χ0n) is 17.8. The molecule has 160 valence electrons. The monoisotopic (exact) mass is 401 g/mol. The van der Waals surface area contributed by atoms with Crippen molar-refractivity contribution in [3.8, 4) is 0 Å². The molecule has 0 unspecified atom stereocenters. The number of urea groups is 1. The van der Waals surface area contributed by atoms with Gasteiger partial charge in [0.25, 0.3) is 0 Å². The average molecular weight is 402 g/mol. The number of benzene rings is 1. The van der Waals surface area contributed by atoms with Crippen molar-refractivity contribution in [1.29, 1.82) is 0 Å². The Kier molecular flexibility index (Phi) is 6.42. The molecule has 3 atom stereocenters. The van der Waals surface area contributed by atoms with Crippen LogP contribution in [0.4, 0.5) is 4.79 Å². The second-order valence-corrected chi connectivity index (χ2v) is 8.90. The second kappa shape index (κ2) is 9.02. The lowest BCUT2D eigenvalue weighted by molar-refractivity contribution is -0.201. The fourth-order valence-electron chi connectivity index (χ4n) is 5.44. The fraction of sp³-hybridized carbons (Fsp3) is 0.696. The van der Waals surface area contributed by atoms with Crippen LogP contribution >= 0.6 is 0 Å². The first-order chi connectivity index (χ1) is 14.1. The van der Waals surface area contributed by atoms with Crippen LogP contribution in [0, 0.1) is 5.92 Å². The van der Waals surface area contributed by atoms with Gasteiger partial charge in [-0.05, 0) is 37.3 Å². The highest BCUT2D eigenvalue weighted by molar-refractivity contribution is 5.74. The molecule has 1 aromatic carbocycles. The highest BCUT2D eigenvalue weighted by atomic mass is 16.7. The van der Waals surface area contributed by atoms with Crippen LogP contribution in [-0.2, 0) is 16.0 Å². The van der Waals surface area contributed by atoms with Crippen molar-refractivity contribution in [3.63, 3.8) is 0 Å². The molecule has 1 aliphatic carbocycles. The molecule has 2 amide bonds. The molecule has 6 heteroatoms. The van der Waals surface area contributed by atoms with Crippen molar-refractivity contribution in [2.45, 2.75) is 63.4 Å². The lowest BCUT2D eigenvalue weighted by Gasteiger charge is -2.51. The van der Waals surface area contributed by atoms with Gasteiger partial charge in [-0.2, -0.15) is 0 Å². The van der Waals surface area contributed by atoms with Gasteiger partial charge in [0.2, 0.25) is 0 Å². The third kappa shape index (κ3) is 4.76. The molecular formula is C23H35N3O3. The molecule has 2 saturated heterocycles. The molecule has 0 radical (unpaired) electrons. The van der Waals surface area contributed by atoms with Gasteiger partial charge in [0, 0.05) is 45.1 Å². The van der Waals surface area contributed by atoms with Crippen molar-refractivity contribution < 1.29 is 14.3 Å². The summed E-state index contributed by atoms with van der Waals surface area (Å²) in [6, 6.07) is 10.9. The van der Waals surface area contributed by atoms with Crippen LogP contribution in [-0.4, -0.2) is 67.1 Å². The smallest absolute Gasteiger partial charge is 0.317 e. The van der Waals surface area contributed by atoms with Crippen molar-refractivity contribution in [1.82, 2.24) is 15.1 Å². The third-order valence-electron chi connectivity index (χ3n) is 6.71. The first-order valence-electron chi connectivity index (χ1n) is 11.2. The number of carbonyl (C=O) groups excluding carboxylic acids is 1. The van der Waals surface area contributed by atoms with Crippen molar-refractivity contribution in [2.75, 3.05) is 33.4 Å². The SMILES string of the molecule is CCCN1C[C@@H](NC(=O)N(C)Cc2ccccc2)C[C@@H]2CC3(CC[C@H]21)OCCO3. The lowest BCUT2D eigenvalue weighted by atomic mass is 9.74. The minimum absolute atomic E-state index is 0.00707. The summed E-state index contributed by atoms with van der Waals surface area (Å²) in [5.41, 5.74) is 1.14. The lowest BCUT2D eigenvalue weighted by Crippen LogP contribution is -2.60. The van der Waals surface area contributed by atoms with Gasteiger partial charge in [0.05, 0.1) is 13.2 Å². The zero-order chi connectivity index (χ0) is 20.3. The van der Waals surface area contributed by atoms with E-state index in [1.807, 2.05) is 25.2 Å². The number of amides is 2. The molecule has 0 aromatic heterocycles. The molecule has 3 aliphatic rings. The Morgan fingerprint density at radius 2 is 2.03 bits per heavy atom. The van der Waals surface area contributed by atoms with Crippen LogP contribution in [0.5, 0.6) is 0 Å². The minimum atomic E-state index is -0.366. The number of hydrogen-bond donors (Lipinski definition) is 1. The van der Waals surface area contributed by atoms with Gasteiger partial charge in [-0.25, -0.2) is 4.79 Å². The number of rotatable bonds is 5. The summed E-state index contributed by atoms with van der Waals surface area (Å²) in [4.78, 5) is 17.2. The van der Waals surface area contributed by atoms with E-state index in [9.17, 15) is 4.79 Å². The maximum absolute atomic E-state index is 12.8. The number of nitrogens with zero attached hydrogens (tertiary/aromatic N) is 2. The molecule has 3 fully saturated rings. The largest absolute Gasteiger partial charge is 0.348 e. The number of piperidine rings is 1. The van der Waals surface area contributed by atoms with Gasteiger partial charge in [0.15, 0.2) is 5.79 Å². The molecule has 1 saturated carbocycles. The van der Waals surface area contributed by atoms with Gasteiger partial charge in [-0.15, -0.1) is 0 Å². The summed E-state index contributed by atoms with van der Waals surface area (Å²) in [5, 5.41) is 3.30. The predicted molar refractivity (Wildman–Crippen MR) is 112 cm³/mol. The number of ether oxygens (including phenoxy) is 2. The Bertz CT molecular complexity index is 677. The van der Waals surface area contributed by atoms with Crippen LogP contribution in [0.1, 0.15) is 44.6 Å². The molecule has 1 N–H and O–H groups in total. The maximum atomic E-state index is 12.8. The Morgan fingerprint density at radius 1 is 1.28 bits per heavy atom. The van der Waals surface area contributed by atoms with E-state index in [4.69, 9.17) is 9.47 Å². The summed E-state index contributed by atoms with van der Waals surface area (Å²) in [6.07, 6.45) is 5.20. The highest BCUT2D eigenvalue weighted by Gasteiger charge is 2.49. The number of carbonyl (C=O) groups is 1. The molecule has 6 nitrogen and oxygen atoms in total. The van der Waals surface area contributed by atoms with Crippen LogP contribution in [0.2, 0.25) is 0 Å². The van der Waals surface area contributed by atoms with Crippen molar-refractivity contribution in [2.24, 2.45) is 5.92 Å². The van der Waals surface area contributed by atoms with Crippen LogP contribution in [0.25, 0.3) is 0 Å². The summed E-state index contributed by atoms with van der Waals surface area (Å²) in [6.45, 7) is 6.30. The van der Waals surface area contributed by atoms with Gasteiger partial charge in [-0.1, -0.05) is 37.3 Å². The van der Waals surface area contributed by atoms with E-state index in [2.05, 4.69) is 29.3 Å². The number of nitrogens with one attached hydrogen (secondary N) is 1. The third-order valence-corrected chi connectivity index (χ3v) is 6.71. The molecular weight excluding hydrogens is 366 g/mol. The molecule has 2 aliphatic heterocycles. The Hall–Kier alpha value is -1.63. The minimum Gasteiger partial charge on any atom is -0.348 e. The number of hydrogen-bond acceptors (Lipinski definition) is 4. The predicted octanol–water partition coefficient (Wildman–Crippen LogP) is 3.22. The summed E-state index contributed by atoms with van der Waals surface area (Å²) in [7, 11) is 1.87. The quantitative estimate of drug-likeness (QED) is 0.823. The van der Waals surface area contributed by atoms with E-state index in [0.717, 1.165) is 50.8 Å². The molecule has 29 heavy (non-hydrogen) atoms. The van der Waals surface area contributed by atoms with Gasteiger partial charge >= 0.3 is 6.03 Å². The van der Waals surface area contributed by atoms with Gasteiger partial charge in [0.1, 0.15) is 0 Å².